The second-order valence-corrected chi connectivity index (χ2v) is 6.11. The van der Waals surface area contributed by atoms with Crippen LogP contribution in [0.25, 0.3) is 0 Å². The highest BCUT2D eigenvalue weighted by Crippen LogP contribution is 2.35. The van der Waals surface area contributed by atoms with Gasteiger partial charge in [0.25, 0.3) is 0 Å². The average Bonchev–Trinajstić information content (AvgIpc) is 2.66. The number of carbonyl (C=O) groups excluding carboxylic acids is 1. The second-order valence-electron chi connectivity index (χ2n) is 6.11. The lowest BCUT2D eigenvalue weighted by Gasteiger charge is -2.24. The highest BCUT2D eigenvalue weighted by molar-refractivity contribution is 5.97. The molecule has 1 amide bonds. The largest absolute Gasteiger partial charge is 0.495 e. The standard InChI is InChI=1S/C15H22N2O2/c1-15(2,3)10-5-6-13(19-4)12(7-10)17-9-11(16)8-14(17)18/h5-7,11H,8-9,16H2,1-4H3. The highest BCUT2D eigenvalue weighted by atomic mass is 16.5. The van der Waals surface area contributed by atoms with E-state index >= 15 is 0 Å². The van der Waals surface area contributed by atoms with Gasteiger partial charge in [-0.15, -0.1) is 0 Å². The van der Waals surface area contributed by atoms with Crippen molar-refractivity contribution in [2.75, 3.05) is 18.6 Å². The van der Waals surface area contributed by atoms with Crippen LogP contribution in [-0.2, 0) is 10.2 Å². The Morgan fingerprint density at radius 1 is 1.37 bits per heavy atom. The molecule has 0 saturated carbocycles. The molecule has 0 bridgehead atoms. The molecule has 1 saturated heterocycles. The lowest BCUT2D eigenvalue weighted by atomic mass is 9.86. The third-order valence-electron chi connectivity index (χ3n) is 3.49. The first-order chi connectivity index (χ1) is 8.82. The molecule has 104 valence electrons. The Kier molecular flexibility index (Phi) is 3.54. The van der Waals surface area contributed by atoms with Crippen LogP contribution in [0.4, 0.5) is 5.69 Å². The molecule has 1 aliphatic rings. The van der Waals surface area contributed by atoms with Gasteiger partial charge in [-0.2, -0.15) is 0 Å². The molecule has 1 aromatic carbocycles. The number of nitrogens with two attached hydrogens (primary N) is 1. The summed E-state index contributed by atoms with van der Waals surface area (Å²) in [5.74, 6) is 0.785. The fraction of sp³-hybridized carbons (Fsp3) is 0.533. The van der Waals surface area contributed by atoms with Crippen molar-refractivity contribution in [3.63, 3.8) is 0 Å². The summed E-state index contributed by atoms with van der Waals surface area (Å²) in [4.78, 5) is 13.7. The summed E-state index contributed by atoms with van der Waals surface area (Å²) in [5.41, 5.74) is 7.90. The first-order valence-electron chi connectivity index (χ1n) is 6.57. The van der Waals surface area contributed by atoms with E-state index < -0.39 is 0 Å². The molecule has 0 aromatic heterocycles. The Morgan fingerprint density at radius 2 is 2.05 bits per heavy atom. The van der Waals surface area contributed by atoms with E-state index in [2.05, 4.69) is 20.8 Å². The number of hydrogen-bond acceptors (Lipinski definition) is 3. The second kappa shape index (κ2) is 4.85. The fourth-order valence-corrected chi connectivity index (χ4v) is 2.34. The van der Waals surface area contributed by atoms with Crippen molar-refractivity contribution in [2.24, 2.45) is 5.73 Å². The molecule has 4 heteroatoms. The third-order valence-corrected chi connectivity index (χ3v) is 3.49. The predicted molar refractivity (Wildman–Crippen MR) is 76.6 cm³/mol. The molecule has 2 N–H and O–H groups in total. The number of amides is 1. The van der Waals surface area contributed by atoms with Gasteiger partial charge in [-0.3, -0.25) is 4.79 Å². The zero-order valence-corrected chi connectivity index (χ0v) is 12.1. The van der Waals surface area contributed by atoms with Crippen molar-refractivity contribution < 1.29 is 9.53 Å². The molecular formula is C15H22N2O2. The van der Waals surface area contributed by atoms with Gasteiger partial charge >= 0.3 is 0 Å². The van der Waals surface area contributed by atoms with E-state index in [1.54, 1.807) is 12.0 Å². The normalized spacial score (nSPS) is 19.9. The average molecular weight is 262 g/mol. The Balaban J connectivity index is 2.45. The van der Waals surface area contributed by atoms with Crippen LogP contribution in [0.3, 0.4) is 0 Å². The number of carbonyl (C=O) groups is 1. The van der Waals surface area contributed by atoms with Gasteiger partial charge in [0.05, 0.1) is 12.8 Å². The molecule has 1 aliphatic heterocycles. The van der Waals surface area contributed by atoms with Crippen molar-refractivity contribution in [2.45, 2.75) is 38.6 Å². The van der Waals surface area contributed by atoms with Gasteiger partial charge in [0, 0.05) is 19.0 Å². The van der Waals surface area contributed by atoms with Crippen LogP contribution in [0.15, 0.2) is 18.2 Å². The Morgan fingerprint density at radius 3 is 2.53 bits per heavy atom. The van der Waals surface area contributed by atoms with Crippen LogP contribution in [0, 0.1) is 0 Å². The van der Waals surface area contributed by atoms with Gasteiger partial charge in [0.15, 0.2) is 0 Å². The number of benzene rings is 1. The number of rotatable bonds is 2. The summed E-state index contributed by atoms with van der Waals surface area (Å²) in [5, 5.41) is 0. The quantitative estimate of drug-likeness (QED) is 0.887. The first-order valence-corrected chi connectivity index (χ1v) is 6.57. The number of methoxy groups -OCH3 is 1. The predicted octanol–water partition coefficient (Wildman–Crippen LogP) is 2.06. The number of ether oxygens (including phenoxy) is 1. The molecule has 1 heterocycles. The van der Waals surface area contributed by atoms with Gasteiger partial charge < -0.3 is 15.4 Å². The van der Waals surface area contributed by atoms with Gasteiger partial charge in [-0.25, -0.2) is 0 Å². The van der Waals surface area contributed by atoms with E-state index in [1.165, 1.54) is 5.56 Å². The highest BCUT2D eigenvalue weighted by Gasteiger charge is 2.30. The van der Waals surface area contributed by atoms with E-state index in [1.807, 2.05) is 18.2 Å². The monoisotopic (exact) mass is 262 g/mol. The zero-order valence-electron chi connectivity index (χ0n) is 12.1. The van der Waals surface area contributed by atoms with Gasteiger partial charge in [-0.1, -0.05) is 26.8 Å². The van der Waals surface area contributed by atoms with E-state index in [4.69, 9.17) is 10.5 Å². The maximum Gasteiger partial charge on any atom is 0.228 e. The van der Waals surface area contributed by atoms with Gasteiger partial charge in [0.1, 0.15) is 5.75 Å². The van der Waals surface area contributed by atoms with E-state index in [0.29, 0.717) is 13.0 Å². The fourth-order valence-electron chi connectivity index (χ4n) is 2.34. The maximum absolute atomic E-state index is 12.0. The van der Waals surface area contributed by atoms with Crippen molar-refractivity contribution in [1.29, 1.82) is 0 Å². The Labute approximate surface area is 114 Å². The van der Waals surface area contributed by atoms with Crippen molar-refractivity contribution in [3.05, 3.63) is 23.8 Å². The third kappa shape index (κ3) is 2.73. The lowest BCUT2D eigenvalue weighted by Crippen LogP contribution is -2.28. The minimum absolute atomic E-state index is 0.0336. The SMILES string of the molecule is COc1ccc(C(C)(C)C)cc1N1CC(N)CC1=O. The molecule has 0 spiro atoms. The molecule has 19 heavy (non-hydrogen) atoms. The minimum Gasteiger partial charge on any atom is -0.495 e. The molecule has 1 fully saturated rings. The molecule has 1 aromatic rings. The molecule has 1 unspecified atom stereocenters. The molecule has 0 aliphatic carbocycles. The summed E-state index contributed by atoms with van der Waals surface area (Å²) < 4.78 is 5.37. The molecule has 4 nitrogen and oxygen atoms in total. The van der Waals surface area contributed by atoms with Crippen LogP contribution in [-0.4, -0.2) is 25.6 Å². The van der Waals surface area contributed by atoms with Crippen LogP contribution in [0.2, 0.25) is 0 Å². The molecule has 1 atom stereocenters. The van der Waals surface area contributed by atoms with E-state index in [-0.39, 0.29) is 17.4 Å². The summed E-state index contributed by atoms with van der Waals surface area (Å²) >= 11 is 0. The van der Waals surface area contributed by atoms with Gasteiger partial charge in [-0.05, 0) is 23.1 Å². The van der Waals surface area contributed by atoms with Crippen molar-refractivity contribution >= 4 is 11.6 Å². The number of nitrogens with zero attached hydrogens (tertiary/aromatic N) is 1. The summed E-state index contributed by atoms with van der Waals surface area (Å²) in [7, 11) is 1.62. The number of hydrogen-bond donors (Lipinski definition) is 1. The summed E-state index contributed by atoms with van der Waals surface area (Å²) in [6.45, 7) is 7.01. The molecule has 2 rings (SSSR count). The van der Waals surface area contributed by atoms with E-state index in [0.717, 1.165) is 11.4 Å². The smallest absolute Gasteiger partial charge is 0.228 e. The van der Waals surface area contributed by atoms with Crippen LogP contribution < -0.4 is 15.4 Å². The minimum atomic E-state index is -0.0875. The van der Waals surface area contributed by atoms with Crippen LogP contribution >= 0.6 is 0 Å². The van der Waals surface area contributed by atoms with Crippen molar-refractivity contribution in [3.8, 4) is 5.75 Å². The number of anilines is 1. The molecular weight excluding hydrogens is 240 g/mol. The topological polar surface area (TPSA) is 55.6 Å². The summed E-state index contributed by atoms with van der Waals surface area (Å²) in [6.07, 6.45) is 0.406. The first kappa shape index (κ1) is 13.9. The van der Waals surface area contributed by atoms with Crippen LogP contribution in [0.1, 0.15) is 32.8 Å². The molecule has 0 radical (unpaired) electrons. The maximum atomic E-state index is 12.0. The van der Waals surface area contributed by atoms with Crippen LogP contribution in [0.5, 0.6) is 5.75 Å². The van der Waals surface area contributed by atoms with E-state index in [9.17, 15) is 4.79 Å². The lowest BCUT2D eigenvalue weighted by molar-refractivity contribution is -0.117. The summed E-state index contributed by atoms with van der Waals surface area (Å²) in [6, 6.07) is 5.92. The Bertz CT molecular complexity index is 491. The zero-order chi connectivity index (χ0) is 14.2. The van der Waals surface area contributed by atoms with Crippen molar-refractivity contribution in [1.82, 2.24) is 0 Å². The Hall–Kier alpha value is -1.55. The van der Waals surface area contributed by atoms with Gasteiger partial charge in [0.2, 0.25) is 5.91 Å².